The molecule has 0 saturated heterocycles. The summed E-state index contributed by atoms with van der Waals surface area (Å²) in [7, 11) is 0. The number of esters is 2. The zero-order valence-electron chi connectivity index (χ0n) is 16.0. The molecular formula is C22H28N2O4. The van der Waals surface area contributed by atoms with Crippen molar-refractivity contribution in [2.75, 3.05) is 13.2 Å². The van der Waals surface area contributed by atoms with Crippen LogP contribution in [0.2, 0.25) is 0 Å². The fraction of sp³-hybridized carbons (Fsp3) is 0.364. The first-order valence-corrected chi connectivity index (χ1v) is 9.48. The van der Waals surface area contributed by atoms with E-state index < -0.39 is 24.0 Å². The fourth-order valence-electron chi connectivity index (χ4n) is 2.67. The molecule has 0 spiro atoms. The Hall–Kier alpha value is -2.70. The van der Waals surface area contributed by atoms with Crippen LogP contribution in [0.1, 0.15) is 24.0 Å². The third-order valence-corrected chi connectivity index (χ3v) is 4.23. The van der Waals surface area contributed by atoms with Crippen LogP contribution in [0, 0.1) is 0 Å². The molecule has 2 unspecified atom stereocenters. The summed E-state index contributed by atoms with van der Waals surface area (Å²) in [4.78, 5) is 23.8. The Morgan fingerprint density at radius 2 is 1.04 bits per heavy atom. The first-order valence-electron chi connectivity index (χ1n) is 9.48. The number of rotatable bonds is 11. The molecule has 150 valence electrons. The van der Waals surface area contributed by atoms with E-state index in [1.54, 1.807) is 0 Å². The normalized spacial score (nSPS) is 12.8. The van der Waals surface area contributed by atoms with Gasteiger partial charge in [-0.05, 0) is 36.8 Å². The van der Waals surface area contributed by atoms with E-state index in [0.29, 0.717) is 25.7 Å². The van der Waals surface area contributed by atoms with E-state index in [1.807, 2.05) is 60.7 Å². The lowest BCUT2D eigenvalue weighted by Gasteiger charge is -2.13. The van der Waals surface area contributed by atoms with E-state index >= 15 is 0 Å². The van der Waals surface area contributed by atoms with Gasteiger partial charge in [-0.15, -0.1) is 0 Å². The van der Waals surface area contributed by atoms with Crippen LogP contribution in [0.25, 0.3) is 0 Å². The van der Waals surface area contributed by atoms with Crippen molar-refractivity contribution in [3.8, 4) is 0 Å². The second-order valence-corrected chi connectivity index (χ2v) is 6.63. The monoisotopic (exact) mass is 384 g/mol. The van der Waals surface area contributed by atoms with Crippen molar-refractivity contribution in [3.05, 3.63) is 71.8 Å². The number of carbonyl (C=O) groups is 2. The van der Waals surface area contributed by atoms with Crippen molar-refractivity contribution in [2.45, 2.75) is 37.8 Å². The van der Waals surface area contributed by atoms with Crippen molar-refractivity contribution < 1.29 is 19.1 Å². The Balaban J connectivity index is 1.55. The van der Waals surface area contributed by atoms with Gasteiger partial charge in [-0.3, -0.25) is 9.59 Å². The summed E-state index contributed by atoms with van der Waals surface area (Å²) in [6.45, 7) is 0.490. The molecule has 0 amide bonds. The Kier molecular flexibility index (Phi) is 9.18. The Morgan fingerprint density at radius 1 is 0.679 bits per heavy atom. The van der Waals surface area contributed by atoms with Gasteiger partial charge in [0.2, 0.25) is 0 Å². The van der Waals surface area contributed by atoms with Crippen molar-refractivity contribution in [3.63, 3.8) is 0 Å². The highest BCUT2D eigenvalue weighted by atomic mass is 16.5. The molecule has 0 bridgehead atoms. The van der Waals surface area contributed by atoms with Gasteiger partial charge in [0.25, 0.3) is 0 Å². The number of nitrogens with two attached hydrogens (primary N) is 2. The van der Waals surface area contributed by atoms with Crippen LogP contribution in [-0.2, 0) is 31.9 Å². The summed E-state index contributed by atoms with van der Waals surface area (Å²) in [5.74, 6) is -0.850. The molecule has 2 aromatic carbocycles. The second kappa shape index (κ2) is 11.9. The molecule has 0 aromatic heterocycles. The van der Waals surface area contributed by atoms with E-state index in [-0.39, 0.29) is 13.2 Å². The summed E-state index contributed by atoms with van der Waals surface area (Å²) in [6.07, 6.45) is 2.06. The van der Waals surface area contributed by atoms with Gasteiger partial charge in [0.15, 0.2) is 0 Å². The van der Waals surface area contributed by atoms with Gasteiger partial charge in [0, 0.05) is 0 Å². The van der Waals surface area contributed by atoms with Crippen LogP contribution in [0.5, 0.6) is 0 Å². The maximum Gasteiger partial charge on any atom is 0.323 e. The van der Waals surface area contributed by atoms with Crippen molar-refractivity contribution in [1.29, 1.82) is 0 Å². The number of carbonyl (C=O) groups excluding carboxylic acids is 2. The van der Waals surface area contributed by atoms with Gasteiger partial charge >= 0.3 is 11.9 Å². The number of hydrogen-bond acceptors (Lipinski definition) is 6. The van der Waals surface area contributed by atoms with Crippen LogP contribution < -0.4 is 11.5 Å². The largest absolute Gasteiger partial charge is 0.465 e. The molecule has 0 radical (unpaired) electrons. The van der Waals surface area contributed by atoms with Crippen molar-refractivity contribution in [1.82, 2.24) is 0 Å². The van der Waals surface area contributed by atoms with Gasteiger partial charge in [-0.2, -0.15) is 0 Å². The van der Waals surface area contributed by atoms with E-state index in [0.717, 1.165) is 11.1 Å². The topological polar surface area (TPSA) is 105 Å². The van der Waals surface area contributed by atoms with E-state index in [4.69, 9.17) is 20.9 Å². The summed E-state index contributed by atoms with van der Waals surface area (Å²) < 4.78 is 10.4. The van der Waals surface area contributed by atoms with Crippen LogP contribution in [0.15, 0.2) is 60.7 Å². The molecule has 6 heteroatoms. The van der Waals surface area contributed by atoms with Crippen LogP contribution in [0.4, 0.5) is 0 Å². The number of unbranched alkanes of at least 4 members (excludes halogenated alkanes) is 1. The van der Waals surface area contributed by atoms with E-state index in [9.17, 15) is 9.59 Å². The van der Waals surface area contributed by atoms with E-state index in [1.165, 1.54) is 0 Å². The first kappa shape index (κ1) is 21.6. The third-order valence-electron chi connectivity index (χ3n) is 4.23. The SMILES string of the molecule is NC(Cc1ccccc1)C(=O)OCCCCOC(=O)C(N)Cc1ccccc1. The molecule has 0 heterocycles. The fourth-order valence-corrected chi connectivity index (χ4v) is 2.67. The molecule has 2 atom stereocenters. The summed E-state index contributed by atoms with van der Waals surface area (Å²) in [5.41, 5.74) is 13.7. The number of benzene rings is 2. The third kappa shape index (κ3) is 7.90. The van der Waals surface area contributed by atoms with Crippen LogP contribution >= 0.6 is 0 Å². The molecule has 4 N–H and O–H groups in total. The highest BCUT2D eigenvalue weighted by molar-refractivity contribution is 5.76. The van der Waals surface area contributed by atoms with Gasteiger partial charge in [0.05, 0.1) is 13.2 Å². The van der Waals surface area contributed by atoms with Crippen LogP contribution in [0.3, 0.4) is 0 Å². The number of ether oxygens (including phenoxy) is 2. The maximum atomic E-state index is 11.9. The molecule has 0 aliphatic rings. The van der Waals surface area contributed by atoms with Crippen molar-refractivity contribution in [2.24, 2.45) is 11.5 Å². The molecule has 28 heavy (non-hydrogen) atoms. The summed E-state index contributed by atoms with van der Waals surface area (Å²) in [6, 6.07) is 17.8. The van der Waals surface area contributed by atoms with Crippen molar-refractivity contribution >= 4 is 11.9 Å². The molecule has 2 aromatic rings. The predicted octanol–water partition coefficient (Wildman–Crippen LogP) is 1.99. The smallest absolute Gasteiger partial charge is 0.323 e. The molecule has 6 nitrogen and oxygen atoms in total. The highest BCUT2D eigenvalue weighted by Gasteiger charge is 2.16. The number of hydrogen-bond donors (Lipinski definition) is 2. The zero-order valence-corrected chi connectivity index (χ0v) is 16.0. The molecule has 0 fully saturated rings. The second-order valence-electron chi connectivity index (χ2n) is 6.63. The molecule has 2 rings (SSSR count). The molecular weight excluding hydrogens is 356 g/mol. The van der Waals surface area contributed by atoms with Gasteiger partial charge < -0.3 is 20.9 Å². The Morgan fingerprint density at radius 3 is 1.39 bits per heavy atom. The zero-order chi connectivity index (χ0) is 20.2. The van der Waals surface area contributed by atoms with Crippen LogP contribution in [-0.4, -0.2) is 37.2 Å². The first-order chi connectivity index (χ1) is 13.6. The minimum absolute atomic E-state index is 0.245. The van der Waals surface area contributed by atoms with Gasteiger partial charge in [0.1, 0.15) is 12.1 Å². The standard InChI is InChI=1S/C22H28N2O4/c23-19(15-17-9-3-1-4-10-17)21(25)27-13-7-8-14-28-22(26)20(24)16-18-11-5-2-6-12-18/h1-6,9-12,19-20H,7-8,13-16,23-24H2. The predicted molar refractivity (Wildman–Crippen MR) is 107 cm³/mol. The van der Waals surface area contributed by atoms with Gasteiger partial charge in [-0.1, -0.05) is 60.7 Å². The molecule has 0 aliphatic carbocycles. The lowest BCUT2D eigenvalue weighted by molar-refractivity contribution is -0.147. The Labute approximate surface area is 165 Å². The summed E-state index contributed by atoms with van der Waals surface area (Å²) >= 11 is 0. The van der Waals surface area contributed by atoms with E-state index in [2.05, 4.69) is 0 Å². The minimum atomic E-state index is -0.684. The highest BCUT2D eigenvalue weighted by Crippen LogP contribution is 2.05. The average Bonchev–Trinajstić information content (AvgIpc) is 2.71. The molecule has 0 aliphatic heterocycles. The minimum Gasteiger partial charge on any atom is -0.465 e. The Bertz CT molecular complexity index is 658. The quantitative estimate of drug-likeness (QED) is 0.453. The summed E-state index contributed by atoms with van der Waals surface area (Å²) in [5, 5.41) is 0. The lowest BCUT2D eigenvalue weighted by atomic mass is 10.1. The van der Waals surface area contributed by atoms with Gasteiger partial charge in [-0.25, -0.2) is 0 Å². The average molecular weight is 384 g/mol. The lowest BCUT2D eigenvalue weighted by Crippen LogP contribution is -2.35. The molecule has 0 saturated carbocycles. The maximum absolute atomic E-state index is 11.9.